The number of hydrogen-bond acceptors (Lipinski definition) is 3. The van der Waals surface area contributed by atoms with Crippen molar-refractivity contribution in [3.63, 3.8) is 0 Å². The molecule has 0 spiro atoms. The Bertz CT molecular complexity index is 827. The number of benzene rings is 1. The van der Waals surface area contributed by atoms with Crippen LogP contribution in [0.25, 0.3) is 11.3 Å². The highest BCUT2D eigenvalue weighted by molar-refractivity contribution is 5.96. The van der Waals surface area contributed by atoms with Crippen molar-refractivity contribution in [2.75, 3.05) is 18.4 Å². The summed E-state index contributed by atoms with van der Waals surface area (Å²) in [7, 11) is 0. The lowest BCUT2D eigenvalue weighted by molar-refractivity contribution is -0.128. The molecule has 2 atom stereocenters. The number of aryl methyl sites for hydroxylation is 2. The van der Waals surface area contributed by atoms with Crippen molar-refractivity contribution in [3.8, 4) is 11.3 Å². The van der Waals surface area contributed by atoms with Crippen LogP contribution in [0.4, 0.5) is 5.69 Å². The van der Waals surface area contributed by atoms with Crippen LogP contribution in [0.3, 0.4) is 0 Å². The molecule has 0 bridgehead atoms. The van der Waals surface area contributed by atoms with E-state index in [1.165, 1.54) is 31.5 Å². The molecule has 3 aliphatic rings. The summed E-state index contributed by atoms with van der Waals surface area (Å²) in [6, 6.07) is 8.19. The molecule has 5 rings (SSSR count). The van der Waals surface area contributed by atoms with Gasteiger partial charge in [-0.2, -0.15) is 0 Å². The number of carbonyl (C=O) groups is 1. The Kier molecular flexibility index (Phi) is 6.92. The second-order valence-electron chi connectivity index (χ2n) is 8.45. The molecule has 7 heteroatoms. The van der Waals surface area contributed by atoms with E-state index in [1.54, 1.807) is 0 Å². The van der Waals surface area contributed by atoms with Gasteiger partial charge in [-0.05, 0) is 50.3 Å². The number of hydrogen-bond donors (Lipinski definition) is 2. The number of amides is 1. The van der Waals surface area contributed by atoms with Crippen LogP contribution in [-0.4, -0.2) is 28.5 Å². The number of nitrogens with one attached hydrogen (secondary N) is 2. The van der Waals surface area contributed by atoms with E-state index in [1.807, 2.05) is 12.1 Å². The van der Waals surface area contributed by atoms with Gasteiger partial charge in [0.05, 0.1) is 11.1 Å². The van der Waals surface area contributed by atoms with Crippen molar-refractivity contribution in [1.29, 1.82) is 0 Å². The fourth-order valence-electron chi connectivity index (χ4n) is 5.22. The number of fused-ring (bicyclic) bond motifs is 2. The van der Waals surface area contributed by atoms with E-state index < -0.39 is 0 Å². The minimum atomic E-state index is -0.208. The first-order chi connectivity index (χ1) is 13.2. The van der Waals surface area contributed by atoms with E-state index in [0.29, 0.717) is 5.92 Å². The Hall–Kier alpha value is -1.56. The Morgan fingerprint density at radius 2 is 1.97 bits per heavy atom. The molecular weight excluding hydrogens is 407 g/mol. The molecule has 2 aliphatic heterocycles. The first-order valence-corrected chi connectivity index (χ1v) is 10.4. The second-order valence-corrected chi connectivity index (χ2v) is 8.45. The lowest BCUT2D eigenvalue weighted by atomic mass is 9.67. The maximum Gasteiger partial charge on any atom is 0.232 e. The summed E-state index contributed by atoms with van der Waals surface area (Å²) in [5.74, 6) is 1.88. The molecule has 1 amide bonds. The van der Waals surface area contributed by atoms with Gasteiger partial charge >= 0.3 is 0 Å². The molecular formula is C22H30Cl2N4O. The Morgan fingerprint density at radius 1 is 1.14 bits per heavy atom. The van der Waals surface area contributed by atoms with Crippen LogP contribution in [0.2, 0.25) is 0 Å². The number of rotatable bonds is 3. The fraction of sp³-hybridized carbons (Fsp3) is 0.545. The molecule has 1 aromatic heterocycles. The van der Waals surface area contributed by atoms with Crippen molar-refractivity contribution in [2.24, 2.45) is 11.3 Å². The van der Waals surface area contributed by atoms with Crippen LogP contribution in [0.1, 0.15) is 44.3 Å². The number of nitrogens with zero attached hydrogens (tertiary/aromatic N) is 2. The highest BCUT2D eigenvalue weighted by atomic mass is 35.5. The van der Waals surface area contributed by atoms with Gasteiger partial charge in [0.15, 0.2) is 0 Å². The first kappa shape index (κ1) is 22.1. The number of halogens is 2. The average Bonchev–Trinajstić information content (AvgIpc) is 3.33. The van der Waals surface area contributed by atoms with Crippen molar-refractivity contribution in [1.82, 2.24) is 14.9 Å². The van der Waals surface area contributed by atoms with Crippen LogP contribution in [-0.2, 0) is 17.8 Å². The molecule has 1 saturated heterocycles. The summed E-state index contributed by atoms with van der Waals surface area (Å²) in [5, 5.41) is 6.65. The van der Waals surface area contributed by atoms with Crippen molar-refractivity contribution >= 4 is 36.4 Å². The van der Waals surface area contributed by atoms with Crippen molar-refractivity contribution in [3.05, 3.63) is 36.3 Å². The van der Waals surface area contributed by atoms with Gasteiger partial charge in [0.25, 0.3) is 0 Å². The van der Waals surface area contributed by atoms with E-state index in [4.69, 9.17) is 4.98 Å². The third-order valence-corrected chi connectivity index (χ3v) is 6.84. The molecule has 0 radical (unpaired) electrons. The van der Waals surface area contributed by atoms with E-state index in [0.717, 1.165) is 55.8 Å². The van der Waals surface area contributed by atoms with Crippen LogP contribution in [0.5, 0.6) is 0 Å². The van der Waals surface area contributed by atoms with Gasteiger partial charge in [-0.3, -0.25) is 4.79 Å². The van der Waals surface area contributed by atoms with Crippen molar-refractivity contribution < 1.29 is 4.79 Å². The van der Waals surface area contributed by atoms with E-state index in [2.05, 4.69) is 33.5 Å². The molecule has 1 saturated carbocycles. The third kappa shape index (κ3) is 4.05. The summed E-state index contributed by atoms with van der Waals surface area (Å²) in [4.78, 5) is 17.9. The SMILES string of the molecule is Cl.Cl.O=C(Nc1ccc(-c2cn3c(n2)CCCC3)cc1)[C@@]12CCCC[C@H]1CNC2. The third-order valence-electron chi connectivity index (χ3n) is 6.84. The fourth-order valence-corrected chi connectivity index (χ4v) is 5.22. The molecule has 158 valence electrons. The Balaban J connectivity index is 0.00000120. The van der Waals surface area contributed by atoms with Gasteiger partial charge in [-0.15, -0.1) is 24.8 Å². The van der Waals surface area contributed by atoms with Crippen LogP contribution in [0, 0.1) is 11.3 Å². The summed E-state index contributed by atoms with van der Waals surface area (Å²) in [5.41, 5.74) is 2.83. The van der Waals surface area contributed by atoms with Gasteiger partial charge in [0, 0.05) is 37.0 Å². The molecule has 1 aliphatic carbocycles. The van der Waals surface area contributed by atoms with Crippen LogP contribution < -0.4 is 10.6 Å². The van der Waals surface area contributed by atoms with E-state index >= 15 is 0 Å². The number of imidazole rings is 1. The zero-order chi connectivity index (χ0) is 18.3. The van der Waals surface area contributed by atoms with Gasteiger partial charge in [0.2, 0.25) is 5.91 Å². The zero-order valence-electron chi connectivity index (χ0n) is 16.7. The Morgan fingerprint density at radius 3 is 2.76 bits per heavy atom. The van der Waals surface area contributed by atoms with Gasteiger partial charge in [0.1, 0.15) is 5.82 Å². The smallest absolute Gasteiger partial charge is 0.232 e. The number of carbonyl (C=O) groups excluding carboxylic acids is 1. The molecule has 2 fully saturated rings. The minimum absolute atomic E-state index is 0. The molecule has 2 N–H and O–H groups in total. The van der Waals surface area contributed by atoms with Gasteiger partial charge in [-0.25, -0.2) is 4.98 Å². The predicted octanol–water partition coefficient (Wildman–Crippen LogP) is 4.45. The average molecular weight is 437 g/mol. The molecule has 5 nitrogen and oxygen atoms in total. The summed E-state index contributed by atoms with van der Waals surface area (Å²) in [6.07, 6.45) is 10.3. The van der Waals surface area contributed by atoms with Gasteiger partial charge in [-0.1, -0.05) is 25.0 Å². The monoisotopic (exact) mass is 436 g/mol. The molecule has 29 heavy (non-hydrogen) atoms. The minimum Gasteiger partial charge on any atom is -0.334 e. The topological polar surface area (TPSA) is 59.0 Å². The summed E-state index contributed by atoms with van der Waals surface area (Å²) >= 11 is 0. The highest BCUT2D eigenvalue weighted by Crippen LogP contribution is 2.44. The largest absolute Gasteiger partial charge is 0.334 e. The quantitative estimate of drug-likeness (QED) is 0.746. The number of anilines is 1. The molecule has 3 heterocycles. The Labute approximate surface area is 184 Å². The lowest BCUT2D eigenvalue weighted by Gasteiger charge is -2.37. The standard InChI is InChI=1S/C22H28N4O.2ClH/c27-21(22-11-3-1-5-17(22)13-23-15-22)24-18-9-7-16(8-10-18)19-14-26-12-4-2-6-20(26)25-19;;/h7-10,14,17,23H,1-6,11-13,15H2,(H,24,27);2*1H/t17-,22+;;/m0../s1. The van der Waals surface area contributed by atoms with E-state index in [-0.39, 0.29) is 36.1 Å². The molecule has 0 unspecified atom stereocenters. The van der Waals surface area contributed by atoms with Crippen LogP contribution in [0.15, 0.2) is 30.5 Å². The normalized spacial score (nSPS) is 25.2. The summed E-state index contributed by atoms with van der Waals surface area (Å²) < 4.78 is 2.28. The molecule has 1 aromatic carbocycles. The van der Waals surface area contributed by atoms with Crippen molar-refractivity contribution in [2.45, 2.75) is 51.5 Å². The zero-order valence-corrected chi connectivity index (χ0v) is 18.3. The van der Waals surface area contributed by atoms with Gasteiger partial charge < -0.3 is 15.2 Å². The lowest BCUT2D eigenvalue weighted by Crippen LogP contribution is -2.44. The first-order valence-electron chi connectivity index (χ1n) is 10.4. The van der Waals surface area contributed by atoms with Crippen LogP contribution >= 0.6 is 24.8 Å². The maximum atomic E-state index is 13.1. The van der Waals surface area contributed by atoms with E-state index in [9.17, 15) is 4.79 Å². The highest BCUT2D eigenvalue weighted by Gasteiger charge is 2.49. The maximum absolute atomic E-state index is 13.1. The second kappa shape index (κ2) is 9.07. The number of aromatic nitrogens is 2. The molecule has 2 aromatic rings. The predicted molar refractivity (Wildman–Crippen MR) is 121 cm³/mol. The summed E-state index contributed by atoms with van der Waals surface area (Å²) in [6.45, 7) is 2.88.